The van der Waals surface area contributed by atoms with Crippen molar-refractivity contribution >= 4 is 30.0 Å². The molecule has 1 saturated heterocycles. The Bertz CT molecular complexity index is 590. The van der Waals surface area contributed by atoms with E-state index in [4.69, 9.17) is 18.9 Å². The van der Waals surface area contributed by atoms with Gasteiger partial charge in [-0.3, -0.25) is 4.79 Å². The van der Waals surface area contributed by atoms with Gasteiger partial charge in [0, 0.05) is 25.2 Å². The van der Waals surface area contributed by atoms with E-state index < -0.39 is 12.1 Å². The fraction of sp³-hybridized carbons (Fsp3) is 0.467. The summed E-state index contributed by atoms with van der Waals surface area (Å²) in [4.78, 5) is 24.2. The molecule has 0 spiro atoms. The molecule has 1 aromatic carbocycles. The van der Waals surface area contributed by atoms with Crippen molar-refractivity contribution in [3.05, 3.63) is 17.7 Å². The van der Waals surface area contributed by atoms with Crippen LogP contribution in [0.5, 0.6) is 11.5 Å². The van der Waals surface area contributed by atoms with Crippen molar-refractivity contribution in [2.24, 2.45) is 0 Å². The van der Waals surface area contributed by atoms with Gasteiger partial charge in [0.25, 0.3) is 5.91 Å². The molecule has 0 aromatic heterocycles. The minimum atomic E-state index is -0.623. The first-order valence-electron chi connectivity index (χ1n) is 7.08. The lowest BCUT2D eigenvalue weighted by molar-refractivity contribution is -0.128. The minimum absolute atomic E-state index is 0. The maximum atomic E-state index is 12.3. The summed E-state index contributed by atoms with van der Waals surface area (Å²) in [6.45, 7) is 1.56. The molecule has 2 rings (SSSR count). The Kier molecular flexibility index (Phi) is 7.76. The summed E-state index contributed by atoms with van der Waals surface area (Å²) < 4.78 is 20.5. The average molecular weight is 361 g/mol. The number of hydrogen-bond acceptors (Lipinski definition) is 7. The number of benzene rings is 1. The van der Waals surface area contributed by atoms with Crippen LogP contribution in [-0.4, -0.2) is 59.0 Å². The average Bonchev–Trinajstić information content (AvgIpc) is 2.61. The quantitative estimate of drug-likeness (QED) is 0.751. The van der Waals surface area contributed by atoms with E-state index in [9.17, 15) is 9.59 Å². The van der Waals surface area contributed by atoms with Gasteiger partial charge in [-0.2, -0.15) is 0 Å². The molecule has 24 heavy (non-hydrogen) atoms. The number of morpholine rings is 1. The number of methoxy groups -OCH3 is 3. The third-order valence-electron chi connectivity index (χ3n) is 3.41. The van der Waals surface area contributed by atoms with Gasteiger partial charge in [0.1, 0.15) is 6.10 Å². The maximum absolute atomic E-state index is 12.3. The fourth-order valence-electron chi connectivity index (χ4n) is 2.21. The van der Waals surface area contributed by atoms with Gasteiger partial charge in [-0.25, -0.2) is 4.79 Å². The zero-order valence-electron chi connectivity index (χ0n) is 13.7. The summed E-state index contributed by atoms with van der Waals surface area (Å²) in [6, 6.07) is 2.97. The first-order chi connectivity index (χ1) is 11.1. The van der Waals surface area contributed by atoms with E-state index in [2.05, 4.69) is 10.6 Å². The number of carbonyl (C=O) groups excluding carboxylic acids is 2. The second-order valence-corrected chi connectivity index (χ2v) is 4.80. The molecule has 0 aliphatic carbocycles. The SMILES string of the molecule is COC(=O)c1cc(OC)c(OC)cc1NC(=O)C1CNCCO1.Cl. The lowest BCUT2D eigenvalue weighted by atomic mass is 10.1. The molecular formula is C15H21ClN2O6. The number of rotatable bonds is 5. The molecular weight excluding hydrogens is 340 g/mol. The van der Waals surface area contributed by atoms with E-state index >= 15 is 0 Å². The van der Waals surface area contributed by atoms with Crippen LogP contribution < -0.4 is 20.1 Å². The molecule has 2 N–H and O–H groups in total. The van der Waals surface area contributed by atoms with Crippen molar-refractivity contribution in [1.82, 2.24) is 5.32 Å². The van der Waals surface area contributed by atoms with Gasteiger partial charge in [0.05, 0.1) is 39.2 Å². The van der Waals surface area contributed by atoms with Crippen molar-refractivity contribution in [1.29, 1.82) is 0 Å². The Morgan fingerprint density at radius 1 is 1.21 bits per heavy atom. The third-order valence-corrected chi connectivity index (χ3v) is 3.41. The molecule has 1 fully saturated rings. The van der Waals surface area contributed by atoms with Crippen molar-refractivity contribution < 1.29 is 28.5 Å². The third kappa shape index (κ3) is 4.50. The molecule has 1 aromatic rings. The van der Waals surface area contributed by atoms with Crippen LogP contribution in [0, 0.1) is 0 Å². The number of amides is 1. The Balaban J connectivity index is 0.00000288. The van der Waals surface area contributed by atoms with E-state index in [0.717, 1.165) is 0 Å². The molecule has 9 heteroatoms. The predicted octanol–water partition coefficient (Wildman–Crippen LogP) is 0.839. The maximum Gasteiger partial charge on any atom is 0.340 e. The van der Waals surface area contributed by atoms with Crippen LogP contribution in [-0.2, 0) is 14.3 Å². The Morgan fingerprint density at radius 2 is 1.88 bits per heavy atom. The van der Waals surface area contributed by atoms with Gasteiger partial charge in [0.2, 0.25) is 0 Å². The molecule has 1 aliphatic rings. The monoisotopic (exact) mass is 360 g/mol. The number of ether oxygens (including phenoxy) is 4. The standard InChI is InChI=1S/C15H20N2O6.ClH/c1-20-11-6-9(15(19)22-3)10(7-12(11)21-2)17-14(18)13-8-16-4-5-23-13;/h6-7,13,16H,4-5,8H2,1-3H3,(H,17,18);1H. The summed E-state index contributed by atoms with van der Waals surface area (Å²) in [6.07, 6.45) is -0.623. The summed E-state index contributed by atoms with van der Waals surface area (Å²) in [5.41, 5.74) is 0.441. The molecule has 1 heterocycles. The molecule has 1 unspecified atom stereocenters. The minimum Gasteiger partial charge on any atom is -0.493 e. The Hall–Kier alpha value is -2.03. The topological polar surface area (TPSA) is 95.1 Å². The van der Waals surface area contributed by atoms with Gasteiger partial charge in [-0.05, 0) is 0 Å². The zero-order valence-corrected chi connectivity index (χ0v) is 14.5. The highest BCUT2D eigenvalue weighted by atomic mass is 35.5. The number of halogens is 1. The fourth-order valence-corrected chi connectivity index (χ4v) is 2.21. The van der Waals surface area contributed by atoms with Gasteiger partial charge in [0.15, 0.2) is 11.5 Å². The van der Waals surface area contributed by atoms with Crippen molar-refractivity contribution in [2.45, 2.75) is 6.10 Å². The van der Waals surface area contributed by atoms with Crippen LogP contribution in [0.2, 0.25) is 0 Å². The van der Waals surface area contributed by atoms with Crippen LogP contribution >= 0.6 is 12.4 Å². The van der Waals surface area contributed by atoms with E-state index in [0.29, 0.717) is 31.2 Å². The van der Waals surface area contributed by atoms with Gasteiger partial charge >= 0.3 is 5.97 Å². The summed E-state index contributed by atoms with van der Waals surface area (Å²) in [5.74, 6) is -0.196. The highest BCUT2D eigenvalue weighted by molar-refractivity contribution is 6.03. The first kappa shape index (κ1) is 20.0. The van der Waals surface area contributed by atoms with E-state index in [-0.39, 0.29) is 29.6 Å². The van der Waals surface area contributed by atoms with Gasteiger partial charge < -0.3 is 29.6 Å². The molecule has 1 amide bonds. The van der Waals surface area contributed by atoms with E-state index in [1.165, 1.54) is 33.5 Å². The van der Waals surface area contributed by atoms with Crippen LogP contribution in [0.15, 0.2) is 12.1 Å². The second kappa shape index (κ2) is 9.31. The summed E-state index contributed by atoms with van der Waals surface area (Å²) >= 11 is 0. The molecule has 0 saturated carbocycles. The Labute approximate surface area is 146 Å². The first-order valence-corrected chi connectivity index (χ1v) is 7.08. The van der Waals surface area contributed by atoms with Gasteiger partial charge in [-0.1, -0.05) is 0 Å². The van der Waals surface area contributed by atoms with Crippen molar-refractivity contribution in [2.75, 3.05) is 46.3 Å². The van der Waals surface area contributed by atoms with E-state index in [1.807, 2.05) is 0 Å². The number of nitrogens with one attached hydrogen (secondary N) is 2. The lowest BCUT2D eigenvalue weighted by Gasteiger charge is -2.23. The molecule has 0 bridgehead atoms. The second-order valence-electron chi connectivity index (χ2n) is 4.80. The normalized spacial score (nSPS) is 16.5. The molecule has 0 radical (unpaired) electrons. The number of anilines is 1. The van der Waals surface area contributed by atoms with Crippen LogP contribution in [0.1, 0.15) is 10.4 Å². The molecule has 8 nitrogen and oxygen atoms in total. The lowest BCUT2D eigenvalue weighted by Crippen LogP contribution is -2.45. The van der Waals surface area contributed by atoms with Crippen LogP contribution in [0.25, 0.3) is 0 Å². The van der Waals surface area contributed by atoms with E-state index in [1.54, 1.807) is 0 Å². The van der Waals surface area contributed by atoms with Crippen molar-refractivity contribution in [3.63, 3.8) is 0 Å². The molecule has 1 atom stereocenters. The highest BCUT2D eigenvalue weighted by Gasteiger charge is 2.25. The Morgan fingerprint density at radius 3 is 2.42 bits per heavy atom. The number of hydrogen-bond donors (Lipinski definition) is 2. The van der Waals surface area contributed by atoms with Crippen LogP contribution in [0.3, 0.4) is 0 Å². The van der Waals surface area contributed by atoms with Gasteiger partial charge in [-0.15, -0.1) is 12.4 Å². The smallest absolute Gasteiger partial charge is 0.340 e. The zero-order chi connectivity index (χ0) is 16.8. The summed E-state index contributed by atoms with van der Waals surface area (Å²) in [5, 5.41) is 5.75. The summed E-state index contributed by atoms with van der Waals surface area (Å²) in [7, 11) is 4.19. The predicted molar refractivity (Wildman–Crippen MR) is 89.4 cm³/mol. The molecule has 1 aliphatic heterocycles. The number of carbonyl (C=O) groups is 2. The number of esters is 1. The molecule has 134 valence electrons. The highest BCUT2D eigenvalue weighted by Crippen LogP contribution is 2.33. The van der Waals surface area contributed by atoms with Crippen LogP contribution in [0.4, 0.5) is 5.69 Å². The van der Waals surface area contributed by atoms with Crippen molar-refractivity contribution in [3.8, 4) is 11.5 Å². The largest absolute Gasteiger partial charge is 0.493 e.